The first-order valence-electron chi connectivity index (χ1n) is 6.06. The number of carbonyl (C=O) groups is 2. The van der Waals surface area contributed by atoms with Crippen LogP contribution in [0, 0.1) is 0 Å². The van der Waals surface area contributed by atoms with Gasteiger partial charge in [0.25, 0.3) is 11.7 Å². The average molecular weight is 247 g/mol. The lowest BCUT2D eigenvalue weighted by Gasteiger charge is -2.07. The van der Waals surface area contributed by atoms with Crippen molar-refractivity contribution in [1.82, 2.24) is 0 Å². The molecule has 0 aliphatic carbocycles. The Morgan fingerprint density at radius 2 is 1.53 bits per heavy atom. The summed E-state index contributed by atoms with van der Waals surface area (Å²) < 4.78 is 0. The van der Waals surface area contributed by atoms with Crippen LogP contribution in [0.4, 0.5) is 5.69 Å². The maximum atomic E-state index is 11.7. The van der Waals surface area contributed by atoms with E-state index in [0.29, 0.717) is 11.3 Å². The number of anilines is 1. The molecule has 0 unspecified atom stereocenters. The van der Waals surface area contributed by atoms with Crippen molar-refractivity contribution in [3.05, 3.63) is 54.1 Å². The second-order valence-corrected chi connectivity index (χ2v) is 4.65. The Bertz CT molecular complexity index is 880. The highest BCUT2D eigenvalue weighted by atomic mass is 16.2. The zero-order valence-electron chi connectivity index (χ0n) is 9.94. The first-order chi connectivity index (χ1) is 9.25. The van der Waals surface area contributed by atoms with Crippen molar-refractivity contribution in [3.8, 4) is 0 Å². The summed E-state index contributed by atoms with van der Waals surface area (Å²) in [6, 6.07) is 15.7. The van der Waals surface area contributed by atoms with Crippen LogP contribution in [0.3, 0.4) is 0 Å². The minimum atomic E-state index is -0.546. The molecule has 0 saturated carbocycles. The van der Waals surface area contributed by atoms with E-state index in [1.807, 2.05) is 42.5 Å². The predicted octanol–water partition coefficient (Wildman–Crippen LogP) is 3.13. The Kier molecular flexibility index (Phi) is 1.85. The minimum Gasteiger partial charge on any atom is -0.318 e. The molecule has 0 radical (unpaired) electrons. The third kappa shape index (κ3) is 1.27. The van der Waals surface area contributed by atoms with Crippen LogP contribution < -0.4 is 5.32 Å². The fraction of sp³-hybridized carbons (Fsp3) is 0. The van der Waals surface area contributed by atoms with Crippen molar-refractivity contribution in [2.24, 2.45) is 0 Å². The van der Waals surface area contributed by atoms with Gasteiger partial charge >= 0.3 is 0 Å². The molecule has 3 heteroatoms. The van der Waals surface area contributed by atoms with Crippen LogP contribution in [0.2, 0.25) is 0 Å². The van der Waals surface area contributed by atoms with E-state index >= 15 is 0 Å². The number of ketones is 1. The van der Waals surface area contributed by atoms with Crippen LogP contribution >= 0.6 is 0 Å². The molecule has 1 aliphatic heterocycles. The molecule has 90 valence electrons. The summed E-state index contributed by atoms with van der Waals surface area (Å²) in [5.41, 5.74) is 1.10. The van der Waals surface area contributed by atoms with E-state index < -0.39 is 11.7 Å². The number of amides is 1. The zero-order chi connectivity index (χ0) is 13.0. The molecule has 4 rings (SSSR count). The maximum absolute atomic E-state index is 11.7. The number of nitrogens with one attached hydrogen (secondary N) is 1. The first kappa shape index (κ1) is 10.3. The van der Waals surface area contributed by atoms with E-state index in [1.54, 1.807) is 6.07 Å². The van der Waals surface area contributed by atoms with Gasteiger partial charge in [-0.15, -0.1) is 0 Å². The van der Waals surface area contributed by atoms with Crippen LogP contribution in [0.15, 0.2) is 48.5 Å². The van der Waals surface area contributed by atoms with Gasteiger partial charge in [-0.1, -0.05) is 42.5 Å². The lowest BCUT2D eigenvalue weighted by molar-refractivity contribution is -0.112. The second-order valence-electron chi connectivity index (χ2n) is 4.65. The Labute approximate surface area is 108 Å². The molecule has 0 bridgehead atoms. The number of carbonyl (C=O) groups excluding carboxylic acids is 2. The van der Waals surface area contributed by atoms with Gasteiger partial charge in [-0.05, 0) is 22.2 Å². The summed E-state index contributed by atoms with van der Waals surface area (Å²) in [6.45, 7) is 0. The summed E-state index contributed by atoms with van der Waals surface area (Å²) in [5, 5.41) is 6.89. The number of benzene rings is 3. The molecule has 3 aromatic rings. The maximum Gasteiger partial charge on any atom is 0.296 e. The number of Topliss-reactive ketones (excluding diaryl/α,β-unsaturated/α-hetero) is 1. The number of fused-ring (bicyclic) bond motifs is 5. The summed E-state index contributed by atoms with van der Waals surface area (Å²) in [5.74, 6) is -0.999. The third-order valence-corrected chi connectivity index (χ3v) is 3.62. The quantitative estimate of drug-likeness (QED) is 0.490. The van der Waals surface area contributed by atoms with Gasteiger partial charge in [0.15, 0.2) is 0 Å². The summed E-state index contributed by atoms with van der Waals surface area (Å²) in [4.78, 5) is 23.2. The summed E-state index contributed by atoms with van der Waals surface area (Å²) in [6.07, 6.45) is 0. The topological polar surface area (TPSA) is 46.2 Å². The normalized spacial score (nSPS) is 13.9. The molecule has 1 N–H and O–H groups in total. The molecule has 0 saturated heterocycles. The Hall–Kier alpha value is -2.68. The highest BCUT2D eigenvalue weighted by Crippen LogP contribution is 2.35. The third-order valence-electron chi connectivity index (χ3n) is 3.62. The molecule has 19 heavy (non-hydrogen) atoms. The monoisotopic (exact) mass is 247 g/mol. The second kappa shape index (κ2) is 3.42. The van der Waals surface area contributed by atoms with E-state index in [9.17, 15) is 9.59 Å². The molecule has 1 aliphatic rings. The number of hydrogen-bond acceptors (Lipinski definition) is 2. The fourth-order valence-electron chi connectivity index (χ4n) is 2.70. The van der Waals surface area contributed by atoms with E-state index in [-0.39, 0.29) is 0 Å². The van der Waals surface area contributed by atoms with Gasteiger partial charge in [0.2, 0.25) is 0 Å². The van der Waals surface area contributed by atoms with Crippen molar-refractivity contribution in [2.75, 3.05) is 5.32 Å². The van der Waals surface area contributed by atoms with Crippen molar-refractivity contribution < 1.29 is 9.59 Å². The summed E-state index contributed by atoms with van der Waals surface area (Å²) >= 11 is 0. The van der Waals surface area contributed by atoms with Crippen molar-refractivity contribution >= 4 is 38.9 Å². The Balaban J connectivity index is 2.18. The van der Waals surface area contributed by atoms with Gasteiger partial charge in [-0.25, -0.2) is 0 Å². The van der Waals surface area contributed by atoms with E-state index in [2.05, 4.69) is 5.32 Å². The molecule has 1 heterocycles. The minimum absolute atomic E-state index is 0.454. The molecular weight excluding hydrogens is 238 g/mol. The van der Waals surface area contributed by atoms with Crippen LogP contribution in [0.5, 0.6) is 0 Å². The first-order valence-corrected chi connectivity index (χ1v) is 6.06. The van der Waals surface area contributed by atoms with Gasteiger partial charge < -0.3 is 5.32 Å². The molecule has 0 atom stereocenters. The van der Waals surface area contributed by atoms with Crippen molar-refractivity contribution in [1.29, 1.82) is 0 Å². The highest BCUT2D eigenvalue weighted by Gasteiger charge is 2.29. The highest BCUT2D eigenvalue weighted by molar-refractivity contribution is 6.53. The molecule has 3 nitrogen and oxygen atoms in total. The van der Waals surface area contributed by atoms with Gasteiger partial charge in [-0.2, -0.15) is 0 Å². The van der Waals surface area contributed by atoms with Crippen LogP contribution in [0.25, 0.3) is 21.5 Å². The summed E-state index contributed by atoms with van der Waals surface area (Å²) in [7, 11) is 0. The molecule has 3 aromatic carbocycles. The lowest BCUT2D eigenvalue weighted by atomic mass is 9.98. The average Bonchev–Trinajstić information content (AvgIpc) is 2.74. The van der Waals surface area contributed by atoms with Gasteiger partial charge in [0, 0.05) is 5.39 Å². The molecule has 0 spiro atoms. The molecule has 1 amide bonds. The van der Waals surface area contributed by atoms with Crippen LogP contribution in [-0.2, 0) is 4.79 Å². The zero-order valence-corrected chi connectivity index (χ0v) is 9.94. The van der Waals surface area contributed by atoms with Crippen LogP contribution in [0.1, 0.15) is 10.4 Å². The smallest absolute Gasteiger partial charge is 0.296 e. The lowest BCUT2D eigenvalue weighted by Crippen LogP contribution is -2.12. The molecule has 0 aromatic heterocycles. The van der Waals surface area contributed by atoms with E-state index in [4.69, 9.17) is 0 Å². The SMILES string of the molecule is O=C1Nc2c(ccc3c2ccc2ccccc23)C1=O. The standard InChI is InChI=1S/C16H9NO2/c18-15-13-8-7-11-10-4-2-1-3-9(10)5-6-12(11)14(13)17-16(15)19/h1-8H,(H,17,18,19). The van der Waals surface area contributed by atoms with E-state index in [0.717, 1.165) is 21.5 Å². The largest absolute Gasteiger partial charge is 0.318 e. The predicted molar refractivity (Wildman–Crippen MR) is 74.4 cm³/mol. The van der Waals surface area contributed by atoms with Crippen LogP contribution in [-0.4, -0.2) is 11.7 Å². The fourth-order valence-corrected chi connectivity index (χ4v) is 2.70. The van der Waals surface area contributed by atoms with Gasteiger partial charge in [0.05, 0.1) is 11.3 Å². The van der Waals surface area contributed by atoms with E-state index in [1.165, 1.54) is 0 Å². The Morgan fingerprint density at radius 3 is 2.42 bits per heavy atom. The Morgan fingerprint density at radius 1 is 0.737 bits per heavy atom. The molecular formula is C16H9NO2. The number of hydrogen-bond donors (Lipinski definition) is 1. The van der Waals surface area contributed by atoms with Gasteiger partial charge in [0.1, 0.15) is 0 Å². The van der Waals surface area contributed by atoms with Gasteiger partial charge in [-0.3, -0.25) is 9.59 Å². The molecule has 0 fully saturated rings. The number of rotatable bonds is 0. The van der Waals surface area contributed by atoms with Crippen molar-refractivity contribution in [3.63, 3.8) is 0 Å². The van der Waals surface area contributed by atoms with Crippen molar-refractivity contribution in [2.45, 2.75) is 0 Å².